The van der Waals surface area contributed by atoms with Gasteiger partial charge in [0.05, 0.1) is 0 Å². The minimum Gasteiger partial charge on any atom is -0.488 e. The highest BCUT2D eigenvalue weighted by Crippen LogP contribution is 2.23. The van der Waals surface area contributed by atoms with Crippen LogP contribution in [-0.4, -0.2) is 23.4 Å². The van der Waals surface area contributed by atoms with E-state index < -0.39 is 6.10 Å². The van der Waals surface area contributed by atoms with E-state index in [9.17, 15) is 5.11 Å². The molecular weight excluding hydrogens is 214 g/mol. The van der Waals surface area contributed by atoms with Crippen molar-refractivity contribution in [3.63, 3.8) is 0 Å². The molecule has 3 nitrogen and oxygen atoms in total. The van der Waals surface area contributed by atoms with E-state index in [1.807, 2.05) is 30.3 Å². The SMILES string of the molecule is Cl.N[C@H]1CC[C@@H](Oc2ccccc2)[C@H]1O. The van der Waals surface area contributed by atoms with Crippen molar-refractivity contribution in [3.8, 4) is 5.75 Å². The van der Waals surface area contributed by atoms with Gasteiger partial charge in [0.25, 0.3) is 0 Å². The van der Waals surface area contributed by atoms with Gasteiger partial charge in [0, 0.05) is 6.04 Å². The van der Waals surface area contributed by atoms with Crippen LogP contribution in [0, 0.1) is 0 Å². The lowest BCUT2D eigenvalue weighted by atomic mass is 10.2. The number of halogens is 1. The van der Waals surface area contributed by atoms with Crippen LogP contribution in [0.1, 0.15) is 12.8 Å². The van der Waals surface area contributed by atoms with Crippen LogP contribution in [0.25, 0.3) is 0 Å². The van der Waals surface area contributed by atoms with Crippen molar-refractivity contribution in [1.82, 2.24) is 0 Å². The average molecular weight is 230 g/mol. The minimum atomic E-state index is -0.532. The molecule has 1 aromatic rings. The maximum atomic E-state index is 9.67. The number of aliphatic hydroxyl groups excluding tert-OH is 1. The lowest BCUT2D eigenvalue weighted by molar-refractivity contribution is 0.0521. The van der Waals surface area contributed by atoms with Crippen molar-refractivity contribution in [3.05, 3.63) is 30.3 Å². The van der Waals surface area contributed by atoms with Crippen molar-refractivity contribution in [1.29, 1.82) is 0 Å². The fourth-order valence-electron chi connectivity index (χ4n) is 1.78. The molecule has 4 heteroatoms. The van der Waals surface area contributed by atoms with Crippen LogP contribution in [0.2, 0.25) is 0 Å². The Morgan fingerprint density at radius 3 is 2.40 bits per heavy atom. The zero-order chi connectivity index (χ0) is 9.97. The molecule has 1 saturated carbocycles. The summed E-state index contributed by atoms with van der Waals surface area (Å²) in [5.74, 6) is 0.797. The Bertz CT molecular complexity index is 294. The molecule has 0 radical (unpaired) electrons. The maximum Gasteiger partial charge on any atom is 0.126 e. The molecule has 1 fully saturated rings. The second kappa shape index (κ2) is 5.35. The first-order valence-electron chi connectivity index (χ1n) is 4.93. The number of hydrogen-bond donors (Lipinski definition) is 2. The molecule has 0 bridgehead atoms. The Hall–Kier alpha value is -0.770. The van der Waals surface area contributed by atoms with Crippen LogP contribution in [-0.2, 0) is 0 Å². The van der Waals surface area contributed by atoms with Crippen molar-refractivity contribution in [2.75, 3.05) is 0 Å². The molecule has 0 unspecified atom stereocenters. The summed E-state index contributed by atoms with van der Waals surface area (Å²) in [5, 5.41) is 9.67. The van der Waals surface area contributed by atoms with Gasteiger partial charge in [-0.2, -0.15) is 0 Å². The van der Waals surface area contributed by atoms with Crippen LogP contribution >= 0.6 is 12.4 Å². The van der Waals surface area contributed by atoms with E-state index in [0.717, 1.165) is 18.6 Å². The molecule has 0 saturated heterocycles. The fraction of sp³-hybridized carbons (Fsp3) is 0.455. The molecule has 3 atom stereocenters. The van der Waals surface area contributed by atoms with E-state index in [1.54, 1.807) is 0 Å². The largest absolute Gasteiger partial charge is 0.488 e. The molecule has 0 aliphatic heterocycles. The Labute approximate surface area is 95.7 Å². The molecule has 0 heterocycles. The summed E-state index contributed by atoms with van der Waals surface area (Å²) >= 11 is 0. The highest BCUT2D eigenvalue weighted by Gasteiger charge is 2.33. The third-order valence-electron chi connectivity index (χ3n) is 2.63. The normalized spacial score (nSPS) is 29.6. The van der Waals surface area contributed by atoms with Crippen molar-refractivity contribution < 1.29 is 9.84 Å². The third-order valence-corrected chi connectivity index (χ3v) is 2.63. The van der Waals surface area contributed by atoms with Gasteiger partial charge in [-0.25, -0.2) is 0 Å². The number of para-hydroxylation sites is 1. The van der Waals surface area contributed by atoms with E-state index in [2.05, 4.69) is 0 Å². The molecule has 1 aromatic carbocycles. The van der Waals surface area contributed by atoms with Gasteiger partial charge in [0.1, 0.15) is 18.0 Å². The molecule has 1 aliphatic rings. The summed E-state index contributed by atoms with van der Waals surface area (Å²) in [6.07, 6.45) is 0.984. The maximum absolute atomic E-state index is 9.67. The molecule has 15 heavy (non-hydrogen) atoms. The van der Waals surface area contributed by atoms with Crippen LogP contribution in [0.5, 0.6) is 5.75 Å². The van der Waals surface area contributed by atoms with Gasteiger partial charge in [-0.15, -0.1) is 12.4 Å². The van der Waals surface area contributed by atoms with E-state index in [1.165, 1.54) is 0 Å². The topological polar surface area (TPSA) is 55.5 Å². The zero-order valence-electron chi connectivity index (χ0n) is 8.37. The number of ether oxygens (including phenoxy) is 1. The smallest absolute Gasteiger partial charge is 0.126 e. The van der Waals surface area contributed by atoms with E-state index in [4.69, 9.17) is 10.5 Å². The average Bonchev–Trinajstić information content (AvgIpc) is 2.52. The predicted molar refractivity (Wildman–Crippen MR) is 61.3 cm³/mol. The molecule has 3 N–H and O–H groups in total. The van der Waals surface area contributed by atoms with E-state index >= 15 is 0 Å². The Morgan fingerprint density at radius 1 is 1.20 bits per heavy atom. The minimum absolute atomic E-state index is 0. The summed E-state index contributed by atoms with van der Waals surface area (Å²) in [7, 11) is 0. The van der Waals surface area contributed by atoms with Gasteiger partial charge in [-0.05, 0) is 25.0 Å². The first kappa shape index (κ1) is 12.3. The summed E-state index contributed by atoms with van der Waals surface area (Å²) in [5.41, 5.74) is 5.69. The summed E-state index contributed by atoms with van der Waals surface area (Å²) in [6.45, 7) is 0. The summed E-state index contributed by atoms with van der Waals surface area (Å²) in [4.78, 5) is 0. The molecular formula is C11H16ClNO2. The lowest BCUT2D eigenvalue weighted by Gasteiger charge is -2.18. The molecule has 84 valence electrons. The third kappa shape index (κ3) is 2.84. The second-order valence-corrected chi connectivity index (χ2v) is 3.70. The van der Waals surface area contributed by atoms with Gasteiger partial charge in [-0.3, -0.25) is 0 Å². The Morgan fingerprint density at radius 2 is 1.87 bits per heavy atom. The van der Waals surface area contributed by atoms with Crippen LogP contribution in [0.3, 0.4) is 0 Å². The summed E-state index contributed by atoms with van der Waals surface area (Å²) < 4.78 is 5.63. The first-order chi connectivity index (χ1) is 6.77. The van der Waals surface area contributed by atoms with Crippen molar-refractivity contribution in [2.24, 2.45) is 5.73 Å². The Balaban J connectivity index is 0.00000112. The highest BCUT2D eigenvalue weighted by atomic mass is 35.5. The van der Waals surface area contributed by atoms with Crippen LogP contribution in [0.15, 0.2) is 30.3 Å². The van der Waals surface area contributed by atoms with Gasteiger partial charge in [0.15, 0.2) is 0 Å². The quantitative estimate of drug-likeness (QED) is 0.805. The van der Waals surface area contributed by atoms with Gasteiger partial charge >= 0.3 is 0 Å². The zero-order valence-corrected chi connectivity index (χ0v) is 9.19. The predicted octanol–water partition coefficient (Wildman–Crippen LogP) is 1.34. The van der Waals surface area contributed by atoms with Gasteiger partial charge in [0.2, 0.25) is 0 Å². The van der Waals surface area contributed by atoms with E-state index in [0.29, 0.717) is 0 Å². The van der Waals surface area contributed by atoms with Crippen LogP contribution in [0.4, 0.5) is 0 Å². The molecule has 2 rings (SSSR count). The Kier molecular flexibility index (Phi) is 4.39. The number of benzene rings is 1. The van der Waals surface area contributed by atoms with Crippen molar-refractivity contribution in [2.45, 2.75) is 31.1 Å². The highest BCUT2D eigenvalue weighted by molar-refractivity contribution is 5.85. The monoisotopic (exact) mass is 229 g/mol. The van der Waals surface area contributed by atoms with Gasteiger partial charge < -0.3 is 15.6 Å². The number of hydrogen-bond acceptors (Lipinski definition) is 3. The standard InChI is InChI=1S/C11H15NO2.ClH/c12-9-6-7-10(11(9)13)14-8-4-2-1-3-5-8;/h1-5,9-11,13H,6-7,12H2;1H/t9-,10+,11-;/m0./s1. The fourth-order valence-corrected chi connectivity index (χ4v) is 1.78. The van der Waals surface area contributed by atoms with Crippen LogP contribution < -0.4 is 10.5 Å². The molecule has 0 spiro atoms. The van der Waals surface area contributed by atoms with E-state index in [-0.39, 0.29) is 24.6 Å². The number of aliphatic hydroxyl groups is 1. The number of nitrogens with two attached hydrogens (primary N) is 1. The molecule has 1 aliphatic carbocycles. The molecule has 0 amide bonds. The first-order valence-corrected chi connectivity index (χ1v) is 4.93. The molecule has 0 aromatic heterocycles. The number of rotatable bonds is 2. The summed E-state index contributed by atoms with van der Waals surface area (Å²) in [6, 6.07) is 9.40. The lowest BCUT2D eigenvalue weighted by Crippen LogP contribution is -2.37. The second-order valence-electron chi connectivity index (χ2n) is 3.70. The van der Waals surface area contributed by atoms with Crippen molar-refractivity contribution >= 4 is 12.4 Å². The van der Waals surface area contributed by atoms with Gasteiger partial charge in [-0.1, -0.05) is 18.2 Å².